The van der Waals surface area contributed by atoms with Crippen molar-refractivity contribution in [3.05, 3.63) is 0 Å². The Morgan fingerprint density at radius 1 is 1.14 bits per heavy atom. The highest BCUT2D eigenvalue weighted by Crippen LogP contribution is 1.98. The van der Waals surface area contributed by atoms with Crippen LogP contribution in [0.2, 0.25) is 0 Å². The van der Waals surface area contributed by atoms with E-state index in [4.69, 9.17) is 4.74 Å². The summed E-state index contributed by atoms with van der Waals surface area (Å²) in [5.41, 5.74) is 0. The molecule has 7 heavy (non-hydrogen) atoms. The second kappa shape index (κ2) is 6.69. The number of rotatable bonds is 0. The Kier molecular flexibility index (Phi) is 7.35. The minimum Gasteiger partial charge on any atom is -0.381 e. The van der Waals surface area contributed by atoms with Crippen LogP contribution < -0.4 is 0 Å². The molecule has 0 bridgehead atoms. The molecule has 2 heteroatoms. The summed E-state index contributed by atoms with van der Waals surface area (Å²) in [5, 5.41) is 0. The Balaban J connectivity index is 0.000000162. The van der Waals surface area contributed by atoms with Crippen molar-refractivity contribution in [1.29, 1.82) is 0 Å². The molecule has 0 atom stereocenters. The minimum atomic E-state index is 1.00. The lowest BCUT2D eigenvalue weighted by atomic mass is 10.4. The van der Waals surface area contributed by atoms with Gasteiger partial charge in [-0.05, 0) is 17.8 Å². The molecule has 0 aromatic heterocycles. The fourth-order valence-corrected chi connectivity index (χ4v) is 0.510. The summed E-state index contributed by atoms with van der Waals surface area (Å²) < 4.78 is 4.94. The molecule has 0 amide bonds. The lowest BCUT2D eigenvalue weighted by molar-refractivity contribution is 0.198. The van der Waals surface area contributed by atoms with E-state index in [1.807, 2.05) is 4.93 Å². The Bertz CT molecular complexity index is 19.7. The molecule has 0 N–H and O–H groups in total. The fourth-order valence-electron chi connectivity index (χ4n) is 0.510. The molecule has 0 unspecified atom stereocenters. The van der Waals surface area contributed by atoms with Crippen molar-refractivity contribution in [1.82, 2.24) is 0 Å². The van der Waals surface area contributed by atoms with Gasteiger partial charge in [-0.25, -0.2) is 0 Å². The van der Waals surface area contributed by atoms with Crippen molar-refractivity contribution in [3.8, 4) is 0 Å². The van der Waals surface area contributed by atoms with Gasteiger partial charge >= 0.3 is 0 Å². The third-order valence-corrected chi connectivity index (χ3v) is 0.827. The molecular formula is C5H11IO. The Morgan fingerprint density at radius 3 is 1.71 bits per heavy atom. The topological polar surface area (TPSA) is 9.23 Å². The van der Waals surface area contributed by atoms with E-state index in [9.17, 15) is 0 Å². The van der Waals surface area contributed by atoms with Gasteiger partial charge in [-0.1, -0.05) is 22.6 Å². The molecule has 1 nitrogen and oxygen atoms in total. The van der Waals surface area contributed by atoms with Gasteiger partial charge in [0.1, 0.15) is 0 Å². The predicted molar refractivity (Wildman–Crippen MR) is 40.0 cm³/mol. The zero-order valence-electron chi connectivity index (χ0n) is 4.61. The molecule has 1 aliphatic heterocycles. The number of hydrogen-bond donors (Lipinski definition) is 0. The highest BCUT2D eigenvalue weighted by atomic mass is 127. The molecule has 0 spiro atoms. The van der Waals surface area contributed by atoms with Crippen LogP contribution in [0.5, 0.6) is 0 Å². The van der Waals surface area contributed by atoms with Gasteiger partial charge in [0.25, 0.3) is 0 Å². The van der Waals surface area contributed by atoms with Crippen molar-refractivity contribution in [2.75, 3.05) is 18.1 Å². The first kappa shape index (κ1) is 7.69. The smallest absolute Gasteiger partial charge is 0.0466 e. The van der Waals surface area contributed by atoms with Crippen molar-refractivity contribution in [3.63, 3.8) is 0 Å². The van der Waals surface area contributed by atoms with Gasteiger partial charge in [-0.2, -0.15) is 0 Å². The summed E-state index contributed by atoms with van der Waals surface area (Å²) in [6, 6.07) is 0. The normalized spacial score (nSPS) is 18.0. The van der Waals surface area contributed by atoms with Gasteiger partial charge in [-0.3, -0.25) is 0 Å². The summed E-state index contributed by atoms with van der Waals surface area (Å²) in [5.74, 6) is 0. The SMILES string of the molecule is C1CCOC1.CI. The molecule has 1 fully saturated rings. The molecular weight excluding hydrogens is 203 g/mol. The van der Waals surface area contributed by atoms with Crippen LogP contribution >= 0.6 is 22.6 Å². The first-order valence-electron chi connectivity index (χ1n) is 2.46. The monoisotopic (exact) mass is 214 g/mol. The van der Waals surface area contributed by atoms with E-state index in [1.165, 1.54) is 12.8 Å². The highest BCUT2D eigenvalue weighted by Gasteiger charge is 1.94. The van der Waals surface area contributed by atoms with Gasteiger partial charge in [0.2, 0.25) is 0 Å². The van der Waals surface area contributed by atoms with Gasteiger partial charge in [0, 0.05) is 13.2 Å². The van der Waals surface area contributed by atoms with Crippen LogP contribution in [-0.4, -0.2) is 18.1 Å². The van der Waals surface area contributed by atoms with Crippen LogP contribution in [0.1, 0.15) is 12.8 Å². The fraction of sp³-hybridized carbons (Fsp3) is 1.00. The highest BCUT2D eigenvalue weighted by molar-refractivity contribution is 14.1. The quantitative estimate of drug-likeness (QED) is 0.441. The molecule has 1 rings (SSSR count). The van der Waals surface area contributed by atoms with E-state index in [0.717, 1.165) is 13.2 Å². The summed E-state index contributed by atoms with van der Waals surface area (Å²) in [7, 11) is 0. The standard InChI is InChI=1S/C4H8O.CH3I/c1-2-4-5-3-1;1-2/h1-4H2;1H3. The van der Waals surface area contributed by atoms with E-state index >= 15 is 0 Å². The summed E-state index contributed by atoms with van der Waals surface area (Å²) in [6.07, 6.45) is 2.56. The third kappa shape index (κ3) is 4.55. The van der Waals surface area contributed by atoms with Crippen molar-refractivity contribution < 1.29 is 4.74 Å². The van der Waals surface area contributed by atoms with Gasteiger partial charge in [0.15, 0.2) is 0 Å². The zero-order valence-corrected chi connectivity index (χ0v) is 6.77. The van der Waals surface area contributed by atoms with Crippen LogP contribution in [0.25, 0.3) is 0 Å². The van der Waals surface area contributed by atoms with Crippen molar-refractivity contribution in [2.24, 2.45) is 0 Å². The first-order valence-corrected chi connectivity index (χ1v) is 4.61. The Morgan fingerprint density at radius 2 is 1.57 bits per heavy atom. The summed E-state index contributed by atoms with van der Waals surface area (Å²) >= 11 is 2.15. The second-order valence-electron chi connectivity index (χ2n) is 1.32. The predicted octanol–water partition coefficient (Wildman–Crippen LogP) is 1.85. The van der Waals surface area contributed by atoms with Crippen molar-refractivity contribution in [2.45, 2.75) is 12.8 Å². The van der Waals surface area contributed by atoms with Gasteiger partial charge in [-0.15, -0.1) is 0 Å². The van der Waals surface area contributed by atoms with E-state index in [2.05, 4.69) is 22.6 Å². The van der Waals surface area contributed by atoms with Crippen molar-refractivity contribution >= 4 is 22.6 Å². The van der Waals surface area contributed by atoms with E-state index in [-0.39, 0.29) is 0 Å². The average Bonchev–Trinajstić information content (AvgIpc) is 2.23. The average molecular weight is 214 g/mol. The van der Waals surface area contributed by atoms with Crippen LogP contribution in [0.15, 0.2) is 0 Å². The summed E-state index contributed by atoms with van der Waals surface area (Å²) in [4.78, 5) is 1.97. The van der Waals surface area contributed by atoms with Crippen LogP contribution in [0, 0.1) is 0 Å². The largest absolute Gasteiger partial charge is 0.381 e. The second-order valence-corrected chi connectivity index (χ2v) is 1.32. The Hall–Kier alpha value is 0.690. The molecule has 44 valence electrons. The first-order chi connectivity index (χ1) is 3.50. The van der Waals surface area contributed by atoms with E-state index in [0.29, 0.717) is 0 Å². The van der Waals surface area contributed by atoms with Crippen LogP contribution in [-0.2, 0) is 4.74 Å². The molecule has 0 aromatic carbocycles. The lowest BCUT2D eigenvalue weighted by Gasteiger charge is -1.76. The van der Waals surface area contributed by atoms with Gasteiger partial charge in [0.05, 0.1) is 0 Å². The number of hydrogen-bond acceptors (Lipinski definition) is 1. The third-order valence-electron chi connectivity index (χ3n) is 0.827. The Labute approximate surface area is 58.6 Å². The maximum atomic E-state index is 4.94. The lowest BCUT2D eigenvalue weighted by Crippen LogP contribution is -1.74. The molecule has 1 aliphatic rings. The van der Waals surface area contributed by atoms with Crippen LogP contribution in [0.4, 0.5) is 0 Å². The summed E-state index contributed by atoms with van der Waals surface area (Å²) in [6.45, 7) is 2.00. The molecule has 1 heterocycles. The minimum absolute atomic E-state index is 1.00. The zero-order chi connectivity index (χ0) is 5.54. The van der Waals surface area contributed by atoms with Crippen LogP contribution in [0.3, 0.4) is 0 Å². The van der Waals surface area contributed by atoms with E-state index in [1.54, 1.807) is 0 Å². The van der Waals surface area contributed by atoms with Gasteiger partial charge < -0.3 is 4.74 Å². The molecule has 0 aliphatic carbocycles. The molecule has 1 saturated heterocycles. The van der Waals surface area contributed by atoms with E-state index < -0.39 is 0 Å². The number of halogens is 1. The number of ether oxygens (including phenoxy) is 1. The molecule has 0 aromatic rings. The number of alkyl halides is 1. The maximum absolute atomic E-state index is 4.94. The molecule has 0 saturated carbocycles. The maximum Gasteiger partial charge on any atom is 0.0466 e. The molecule has 0 radical (unpaired) electrons.